The molecule has 0 unspecified atom stereocenters. The van der Waals surface area contributed by atoms with Gasteiger partial charge in [0.05, 0.1) is 6.54 Å². The van der Waals surface area contributed by atoms with Crippen LogP contribution in [0.2, 0.25) is 0 Å². The lowest BCUT2D eigenvalue weighted by molar-refractivity contribution is 0.0838. The van der Waals surface area contributed by atoms with Crippen molar-refractivity contribution in [3.63, 3.8) is 0 Å². The maximum atomic E-state index is 12.3. The first-order valence-electron chi connectivity index (χ1n) is 8.04. The number of likely N-dealkylation sites (N-methyl/N-ethyl adjacent to an activating group) is 1. The summed E-state index contributed by atoms with van der Waals surface area (Å²) < 4.78 is 0. The number of aryl methyl sites for hydroxylation is 2. The molecule has 1 N–H and O–H groups in total. The molecule has 1 aliphatic carbocycles. The predicted octanol–water partition coefficient (Wildman–Crippen LogP) is 1.50. The summed E-state index contributed by atoms with van der Waals surface area (Å²) in [7, 11) is 2.13. The second kappa shape index (κ2) is 6.69. The molecule has 1 saturated heterocycles. The molecule has 0 radical (unpaired) electrons. The van der Waals surface area contributed by atoms with Gasteiger partial charge in [-0.15, -0.1) is 0 Å². The number of Topliss-reactive ketones (excluding diaryl/α,β-unsaturated/α-hetero) is 1. The minimum absolute atomic E-state index is 0.197. The fourth-order valence-corrected chi connectivity index (χ4v) is 3.16. The summed E-state index contributed by atoms with van der Waals surface area (Å²) in [4.78, 5) is 14.6. The summed E-state index contributed by atoms with van der Waals surface area (Å²) in [5.74, 6) is 0.197. The van der Waals surface area contributed by atoms with Crippen molar-refractivity contribution >= 4 is 5.78 Å². The second-order valence-electron chi connectivity index (χ2n) is 6.24. The second-order valence-corrected chi connectivity index (χ2v) is 6.24. The third kappa shape index (κ3) is 3.70. The molecule has 4 heteroatoms. The van der Waals surface area contributed by atoms with Crippen molar-refractivity contribution in [2.45, 2.75) is 25.7 Å². The Morgan fingerprint density at radius 2 is 1.81 bits per heavy atom. The highest BCUT2D eigenvalue weighted by Crippen LogP contribution is 2.22. The maximum Gasteiger partial charge on any atom is 0.178 e. The molecule has 1 aromatic carbocycles. The molecule has 1 aromatic rings. The summed E-state index contributed by atoms with van der Waals surface area (Å²) in [5, 5.41) is 2.16. The molecule has 0 aromatic heterocycles. The van der Waals surface area contributed by atoms with Crippen LogP contribution in [0.1, 0.15) is 34.3 Å². The molecule has 21 heavy (non-hydrogen) atoms. The lowest BCUT2D eigenvalue weighted by atomic mass is 9.90. The highest BCUT2D eigenvalue weighted by molar-refractivity contribution is 5.97. The number of rotatable bonds is 4. The fraction of sp³-hybridized carbons (Fsp3) is 0.588. The van der Waals surface area contributed by atoms with Crippen LogP contribution in [0.25, 0.3) is 0 Å². The largest absolute Gasteiger partial charge is 0.304 e. The lowest BCUT2D eigenvalue weighted by Gasteiger charge is -2.32. The zero-order chi connectivity index (χ0) is 14.7. The van der Waals surface area contributed by atoms with E-state index >= 15 is 0 Å². The number of nitrogens with one attached hydrogen (secondary N) is 1. The zero-order valence-electron chi connectivity index (χ0n) is 12.9. The molecule has 3 rings (SSSR count). The number of benzene rings is 1. The Bertz CT molecular complexity index is 507. The molecule has 114 valence electrons. The van der Waals surface area contributed by atoms with Gasteiger partial charge in [0.15, 0.2) is 5.78 Å². The Balaban J connectivity index is 1.55. The average Bonchev–Trinajstić information content (AvgIpc) is 2.53. The van der Waals surface area contributed by atoms with E-state index in [1.54, 1.807) is 0 Å². The van der Waals surface area contributed by atoms with Gasteiger partial charge < -0.3 is 4.90 Å². The van der Waals surface area contributed by atoms with E-state index in [4.69, 9.17) is 0 Å². The van der Waals surface area contributed by atoms with Crippen LogP contribution in [0.5, 0.6) is 0 Å². The highest BCUT2D eigenvalue weighted by atomic mass is 16.1. The number of piperazine rings is 1. The van der Waals surface area contributed by atoms with Gasteiger partial charge in [0.2, 0.25) is 0 Å². The van der Waals surface area contributed by atoms with E-state index < -0.39 is 0 Å². The van der Waals surface area contributed by atoms with E-state index in [0.29, 0.717) is 6.54 Å². The number of fused-ring (bicyclic) bond motifs is 1. The molecular formula is C17H25N3O. The molecule has 1 heterocycles. The first-order chi connectivity index (χ1) is 10.2. The van der Waals surface area contributed by atoms with Crippen LogP contribution in [0.4, 0.5) is 0 Å². The Hall–Kier alpha value is -1.23. The van der Waals surface area contributed by atoms with Crippen molar-refractivity contribution in [2.75, 3.05) is 39.8 Å². The minimum atomic E-state index is 0.197. The minimum Gasteiger partial charge on any atom is -0.304 e. The van der Waals surface area contributed by atoms with Gasteiger partial charge in [0.1, 0.15) is 0 Å². The number of hydrogen-bond donors (Lipinski definition) is 1. The monoisotopic (exact) mass is 287 g/mol. The van der Waals surface area contributed by atoms with Crippen molar-refractivity contribution in [3.05, 3.63) is 34.9 Å². The Kier molecular flexibility index (Phi) is 4.68. The molecule has 1 aliphatic heterocycles. The topological polar surface area (TPSA) is 35.6 Å². The van der Waals surface area contributed by atoms with Gasteiger partial charge in [0.25, 0.3) is 0 Å². The van der Waals surface area contributed by atoms with Crippen molar-refractivity contribution in [2.24, 2.45) is 0 Å². The maximum absolute atomic E-state index is 12.3. The van der Waals surface area contributed by atoms with Crippen LogP contribution in [0.15, 0.2) is 18.2 Å². The molecule has 0 saturated carbocycles. The van der Waals surface area contributed by atoms with Crippen molar-refractivity contribution in [1.82, 2.24) is 15.3 Å². The van der Waals surface area contributed by atoms with Crippen LogP contribution in [-0.4, -0.2) is 55.5 Å². The molecule has 0 bridgehead atoms. The molecule has 0 atom stereocenters. The molecule has 4 nitrogen and oxygen atoms in total. The molecule has 0 amide bonds. The van der Waals surface area contributed by atoms with Crippen LogP contribution < -0.4 is 5.43 Å². The van der Waals surface area contributed by atoms with E-state index in [-0.39, 0.29) is 5.78 Å². The third-order valence-electron chi connectivity index (χ3n) is 4.64. The summed E-state index contributed by atoms with van der Waals surface area (Å²) in [6, 6.07) is 6.26. The normalized spacial score (nSPS) is 20.2. The first-order valence-corrected chi connectivity index (χ1v) is 8.04. The van der Waals surface area contributed by atoms with Crippen LogP contribution in [-0.2, 0) is 12.8 Å². The standard InChI is InChI=1S/C17H25N3O/c1-19-8-10-20(11-9-19)18-13-17(21)16-7-6-14-4-2-3-5-15(14)12-16/h6-7,12,18H,2-5,8-11,13H2,1H3. The predicted molar refractivity (Wildman–Crippen MR) is 84.5 cm³/mol. The van der Waals surface area contributed by atoms with Crippen molar-refractivity contribution in [3.8, 4) is 0 Å². The Morgan fingerprint density at radius 3 is 2.57 bits per heavy atom. The van der Waals surface area contributed by atoms with E-state index in [2.05, 4.69) is 34.5 Å². The van der Waals surface area contributed by atoms with Gasteiger partial charge in [-0.1, -0.05) is 12.1 Å². The quantitative estimate of drug-likeness (QED) is 0.851. The average molecular weight is 287 g/mol. The van der Waals surface area contributed by atoms with Gasteiger partial charge >= 0.3 is 0 Å². The summed E-state index contributed by atoms with van der Waals surface area (Å²) in [6.07, 6.45) is 4.83. The lowest BCUT2D eigenvalue weighted by Crippen LogP contribution is -2.51. The third-order valence-corrected chi connectivity index (χ3v) is 4.64. The summed E-state index contributed by atoms with van der Waals surface area (Å²) >= 11 is 0. The fourth-order valence-electron chi connectivity index (χ4n) is 3.16. The zero-order valence-corrected chi connectivity index (χ0v) is 12.9. The van der Waals surface area contributed by atoms with Gasteiger partial charge in [-0.2, -0.15) is 0 Å². The highest BCUT2D eigenvalue weighted by Gasteiger charge is 2.16. The number of nitrogens with zero attached hydrogens (tertiary/aromatic N) is 2. The summed E-state index contributed by atoms with van der Waals surface area (Å²) in [6.45, 7) is 4.48. The molecule has 1 fully saturated rings. The first kappa shape index (κ1) is 14.7. The molecular weight excluding hydrogens is 262 g/mol. The van der Waals surface area contributed by atoms with Gasteiger partial charge in [-0.3, -0.25) is 4.79 Å². The van der Waals surface area contributed by atoms with Crippen LogP contribution in [0, 0.1) is 0 Å². The van der Waals surface area contributed by atoms with Crippen LogP contribution in [0.3, 0.4) is 0 Å². The van der Waals surface area contributed by atoms with E-state index in [1.165, 1.54) is 30.4 Å². The summed E-state index contributed by atoms with van der Waals surface area (Å²) in [5.41, 5.74) is 6.95. The molecule has 2 aliphatic rings. The number of hydrogen-bond acceptors (Lipinski definition) is 4. The van der Waals surface area contributed by atoms with Crippen molar-refractivity contribution in [1.29, 1.82) is 0 Å². The van der Waals surface area contributed by atoms with E-state index in [9.17, 15) is 4.79 Å². The number of carbonyl (C=O) groups excluding carboxylic acids is 1. The Morgan fingerprint density at radius 1 is 1.10 bits per heavy atom. The SMILES string of the molecule is CN1CCN(NCC(=O)c2ccc3c(c2)CCCC3)CC1. The number of ketones is 1. The Labute approximate surface area is 127 Å². The van der Waals surface area contributed by atoms with E-state index in [1.807, 2.05) is 6.07 Å². The van der Waals surface area contributed by atoms with Gasteiger partial charge in [-0.05, 0) is 49.9 Å². The smallest absolute Gasteiger partial charge is 0.178 e. The molecule has 0 spiro atoms. The van der Waals surface area contributed by atoms with E-state index in [0.717, 1.165) is 38.2 Å². The van der Waals surface area contributed by atoms with Crippen LogP contribution >= 0.6 is 0 Å². The van der Waals surface area contributed by atoms with Gasteiger partial charge in [0, 0.05) is 31.7 Å². The van der Waals surface area contributed by atoms with Crippen molar-refractivity contribution < 1.29 is 4.79 Å². The van der Waals surface area contributed by atoms with Gasteiger partial charge in [-0.25, -0.2) is 10.4 Å². The number of hydrazine groups is 1. The number of carbonyl (C=O) groups is 1.